The van der Waals surface area contributed by atoms with E-state index in [0.717, 1.165) is 107 Å². The average molecular weight is 725 g/mol. The molecule has 0 spiro atoms. The molecule has 0 atom stereocenters. The van der Waals surface area contributed by atoms with Crippen LogP contribution in [-0.4, -0.2) is 71.6 Å². The Hall–Kier alpha value is -5.02. The number of morpholine rings is 1. The van der Waals surface area contributed by atoms with E-state index in [1.807, 2.05) is 18.6 Å². The molecule has 7 rings (SSSR count). The van der Waals surface area contributed by atoms with E-state index < -0.39 is 0 Å². The van der Waals surface area contributed by atoms with Crippen LogP contribution in [0.4, 0.5) is 17.5 Å². The van der Waals surface area contributed by atoms with Crippen LogP contribution in [0.5, 0.6) is 0 Å². The normalized spacial score (nSPS) is 18.4. The third-order valence-corrected chi connectivity index (χ3v) is 11.0. The number of aromatic nitrogens is 3. The van der Waals surface area contributed by atoms with Gasteiger partial charge in [0.05, 0.1) is 18.9 Å². The number of hydrogen-bond donors (Lipinski definition) is 0. The zero-order valence-corrected chi connectivity index (χ0v) is 32.7. The number of nitrogens with zero attached hydrogens (tertiary/aromatic N) is 8. The summed E-state index contributed by atoms with van der Waals surface area (Å²) in [6, 6.07) is 22.2. The first kappa shape index (κ1) is 37.3. The monoisotopic (exact) mass is 724 g/mol. The number of aryl methyl sites for hydroxylation is 2. The highest BCUT2D eigenvalue weighted by Gasteiger charge is 2.28. The largest absolute Gasteiger partial charge is 0.378 e. The number of anilines is 3. The van der Waals surface area contributed by atoms with Crippen LogP contribution in [0, 0.1) is 0 Å². The molecule has 2 aromatic heterocycles. The first-order valence-corrected chi connectivity index (χ1v) is 20.0. The third-order valence-electron chi connectivity index (χ3n) is 11.0. The molecule has 3 fully saturated rings. The number of allylic oxidation sites excluding steroid dienone is 2. The van der Waals surface area contributed by atoms with Crippen molar-refractivity contribution in [2.45, 2.75) is 79.3 Å². The van der Waals surface area contributed by atoms with E-state index in [0.29, 0.717) is 5.95 Å². The second-order valence-electron chi connectivity index (χ2n) is 14.5. The lowest BCUT2D eigenvalue weighted by Crippen LogP contribution is -2.36. The highest BCUT2D eigenvalue weighted by Crippen LogP contribution is 2.39. The van der Waals surface area contributed by atoms with Crippen LogP contribution >= 0.6 is 0 Å². The molecule has 0 bridgehead atoms. The van der Waals surface area contributed by atoms with Crippen molar-refractivity contribution in [3.05, 3.63) is 124 Å². The number of pyridine rings is 1. The van der Waals surface area contributed by atoms with Crippen molar-refractivity contribution in [1.82, 2.24) is 19.9 Å². The summed E-state index contributed by atoms with van der Waals surface area (Å²) in [6.45, 7) is 16.3. The lowest BCUT2D eigenvalue weighted by molar-refractivity contribution is 0.122. The number of piperidine rings is 1. The fraction of sp³-hybridized carbons (Fsp3) is 0.422. The van der Waals surface area contributed by atoms with Crippen molar-refractivity contribution in [3.8, 4) is 0 Å². The summed E-state index contributed by atoms with van der Waals surface area (Å²) >= 11 is 0. The molecule has 0 amide bonds. The summed E-state index contributed by atoms with van der Waals surface area (Å²) < 4.78 is 5.61. The fourth-order valence-corrected chi connectivity index (χ4v) is 7.78. The van der Waals surface area contributed by atoms with E-state index in [9.17, 15) is 0 Å². The molecule has 54 heavy (non-hydrogen) atoms. The van der Waals surface area contributed by atoms with Crippen molar-refractivity contribution >= 4 is 29.0 Å². The fourth-order valence-electron chi connectivity index (χ4n) is 7.78. The first-order valence-electron chi connectivity index (χ1n) is 20.0. The molecule has 9 heteroatoms. The van der Waals surface area contributed by atoms with E-state index >= 15 is 0 Å². The summed E-state index contributed by atoms with van der Waals surface area (Å²) in [4.78, 5) is 29.8. The number of rotatable bonds is 11. The minimum Gasteiger partial charge on any atom is -0.378 e. The third kappa shape index (κ3) is 8.84. The van der Waals surface area contributed by atoms with Crippen LogP contribution in [0.2, 0.25) is 0 Å². The molecular formula is C45H56N8O. The number of amidine groups is 1. The van der Waals surface area contributed by atoms with E-state index in [1.165, 1.54) is 52.8 Å². The molecule has 4 aromatic rings. The van der Waals surface area contributed by atoms with Gasteiger partial charge >= 0.3 is 0 Å². The van der Waals surface area contributed by atoms with Gasteiger partial charge < -0.3 is 24.3 Å². The molecular weight excluding hydrogens is 669 g/mol. The van der Waals surface area contributed by atoms with E-state index in [2.05, 4.69) is 114 Å². The molecule has 282 valence electrons. The molecule has 2 aromatic carbocycles. The van der Waals surface area contributed by atoms with Crippen molar-refractivity contribution in [2.24, 2.45) is 4.99 Å². The van der Waals surface area contributed by atoms with Crippen LogP contribution in [0.25, 0.3) is 5.70 Å². The maximum absolute atomic E-state index is 5.61. The van der Waals surface area contributed by atoms with Crippen LogP contribution in [0.3, 0.4) is 0 Å². The summed E-state index contributed by atoms with van der Waals surface area (Å²) in [7, 11) is 0. The van der Waals surface area contributed by atoms with Gasteiger partial charge in [0.2, 0.25) is 5.95 Å². The summed E-state index contributed by atoms with van der Waals surface area (Å²) in [6.07, 6.45) is 14.8. The van der Waals surface area contributed by atoms with Gasteiger partial charge in [0, 0.05) is 93.0 Å². The quantitative estimate of drug-likeness (QED) is 0.113. The van der Waals surface area contributed by atoms with Gasteiger partial charge in [-0.05, 0) is 80.7 Å². The molecule has 0 aliphatic carbocycles. The zero-order valence-electron chi connectivity index (χ0n) is 32.7. The Morgan fingerprint density at radius 2 is 1.39 bits per heavy atom. The number of hydrogen-bond acceptors (Lipinski definition) is 8. The molecule has 5 heterocycles. The highest BCUT2D eigenvalue weighted by atomic mass is 16.5. The lowest BCUT2D eigenvalue weighted by atomic mass is 10.1. The van der Waals surface area contributed by atoms with E-state index in [-0.39, 0.29) is 0 Å². The lowest BCUT2D eigenvalue weighted by Gasteiger charge is -2.29. The Bertz CT molecular complexity index is 1870. The first-order chi connectivity index (χ1) is 26.5. The Labute approximate surface area is 322 Å². The summed E-state index contributed by atoms with van der Waals surface area (Å²) in [5.74, 6) is 2.77. The van der Waals surface area contributed by atoms with Gasteiger partial charge in [-0.15, -0.1) is 0 Å². The molecule has 0 unspecified atom stereocenters. The second kappa shape index (κ2) is 17.9. The minimum absolute atomic E-state index is 0.714. The van der Waals surface area contributed by atoms with Gasteiger partial charge in [-0.1, -0.05) is 68.5 Å². The molecule has 3 saturated heterocycles. The molecule has 9 nitrogen and oxygen atoms in total. The maximum Gasteiger partial charge on any atom is 0.225 e. The average Bonchev–Trinajstić information content (AvgIpc) is 3.68. The molecule has 0 radical (unpaired) electrons. The molecule has 3 aliphatic rings. The summed E-state index contributed by atoms with van der Waals surface area (Å²) in [5, 5.41) is 0. The highest BCUT2D eigenvalue weighted by molar-refractivity contribution is 5.88. The van der Waals surface area contributed by atoms with E-state index in [4.69, 9.17) is 24.7 Å². The van der Waals surface area contributed by atoms with Crippen LogP contribution < -0.4 is 14.7 Å². The van der Waals surface area contributed by atoms with Crippen molar-refractivity contribution in [2.75, 3.05) is 60.6 Å². The zero-order chi connectivity index (χ0) is 37.3. The molecule has 0 N–H and O–H groups in total. The number of aliphatic imine (C=N–C) groups is 1. The Morgan fingerprint density at radius 3 is 1.98 bits per heavy atom. The van der Waals surface area contributed by atoms with Gasteiger partial charge in [-0.2, -0.15) is 0 Å². The Morgan fingerprint density at radius 1 is 0.778 bits per heavy atom. The standard InChI is InChI=1S/C45H56N8O/c1-5-35-11-15-37(16-12-35)32-52(33-38-17-13-36(6-2)14-18-38)45-47-30-39(31-48-45)44(49-34(4)50-22-9-8-10-23-50)41-20-24-53(42(41)7-3)40-19-21-46-43(29-40)51-25-27-54-28-26-51/h7,11-19,21,29-31H,5-6,8-10,20,22-28,32-33H2,1-4H3/b42-7?,44-41-,49-34?. The Kier molecular flexibility index (Phi) is 12.3. The van der Waals surface area contributed by atoms with Gasteiger partial charge in [0.1, 0.15) is 11.7 Å². The van der Waals surface area contributed by atoms with Crippen molar-refractivity contribution in [1.29, 1.82) is 0 Å². The number of likely N-dealkylation sites (tertiary alicyclic amines) is 1. The van der Waals surface area contributed by atoms with Crippen LogP contribution in [-0.2, 0) is 30.7 Å². The predicted molar refractivity (Wildman–Crippen MR) is 222 cm³/mol. The smallest absolute Gasteiger partial charge is 0.225 e. The second-order valence-corrected chi connectivity index (χ2v) is 14.5. The van der Waals surface area contributed by atoms with Crippen LogP contribution in [0.15, 0.2) is 102 Å². The maximum atomic E-state index is 5.61. The Balaban J connectivity index is 1.23. The molecule has 3 aliphatic heterocycles. The SMILES string of the molecule is CC=C1/C(=C(\N=C(C)N2CCCCC2)c2cnc(N(Cc3ccc(CC)cc3)Cc3ccc(CC)cc3)nc2)CCN1c1ccnc(N2CCOCC2)c1. The van der Waals surface area contributed by atoms with Gasteiger partial charge in [0.15, 0.2) is 0 Å². The predicted octanol–water partition coefficient (Wildman–Crippen LogP) is 8.47. The van der Waals surface area contributed by atoms with Crippen molar-refractivity contribution < 1.29 is 4.74 Å². The number of ether oxygens (including phenoxy) is 1. The van der Waals surface area contributed by atoms with Gasteiger partial charge in [0.25, 0.3) is 0 Å². The minimum atomic E-state index is 0.714. The van der Waals surface area contributed by atoms with Crippen LogP contribution in [0.1, 0.15) is 81.2 Å². The van der Waals surface area contributed by atoms with Gasteiger partial charge in [-0.3, -0.25) is 0 Å². The molecule has 0 saturated carbocycles. The van der Waals surface area contributed by atoms with E-state index in [1.54, 1.807) is 0 Å². The van der Waals surface area contributed by atoms with Gasteiger partial charge in [-0.25, -0.2) is 19.9 Å². The number of benzene rings is 2. The topological polar surface area (TPSA) is 73.2 Å². The van der Waals surface area contributed by atoms with Crippen molar-refractivity contribution in [3.63, 3.8) is 0 Å². The summed E-state index contributed by atoms with van der Waals surface area (Å²) in [5.41, 5.74) is 10.6.